The lowest BCUT2D eigenvalue weighted by Crippen LogP contribution is -2.34. The van der Waals surface area contributed by atoms with Crippen molar-refractivity contribution < 1.29 is 40.3 Å². The number of carbonyl (C=O) groups excluding carboxylic acids is 2. The van der Waals surface area contributed by atoms with Crippen molar-refractivity contribution in [2.75, 3.05) is 23.3 Å². The number of nitrogens with zero attached hydrogens (tertiary/aromatic N) is 3. The number of halogens is 8. The lowest BCUT2D eigenvalue weighted by atomic mass is 9.81. The maximum Gasteiger partial charge on any atom is 0.393 e. The maximum absolute atomic E-state index is 15.9. The van der Waals surface area contributed by atoms with E-state index >= 15 is 4.39 Å². The van der Waals surface area contributed by atoms with Crippen molar-refractivity contribution in [2.45, 2.75) is 78.3 Å². The molecule has 4 N–H and O–H groups in total. The zero-order valence-corrected chi connectivity index (χ0v) is 27.9. The van der Waals surface area contributed by atoms with E-state index in [1.54, 1.807) is 25.3 Å². The third-order valence-electron chi connectivity index (χ3n) is 9.40. The van der Waals surface area contributed by atoms with Crippen LogP contribution >= 0.6 is 11.6 Å². The number of rotatable bonds is 8. The Hall–Kier alpha value is -3.75. The molecule has 0 spiro atoms. The summed E-state index contributed by atoms with van der Waals surface area (Å²) in [6, 6.07) is 5.71. The minimum absolute atomic E-state index is 0.00995. The van der Waals surface area contributed by atoms with Crippen molar-refractivity contribution in [3.05, 3.63) is 46.2 Å². The zero-order chi connectivity index (χ0) is 36.1. The Labute approximate surface area is 283 Å². The number of benzene rings is 2. The highest BCUT2D eigenvalue weighted by atomic mass is 35.5. The number of anilines is 3. The molecule has 1 aromatic heterocycles. The van der Waals surface area contributed by atoms with Crippen molar-refractivity contribution in [2.24, 2.45) is 28.9 Å². The standard InChI is InChI=1S/C33H38ClF7N6O2/c1-31(2,3)29(49)43-14-18-6-9-22(34)27(26(18)35)45-30-44-23-12-21(28(42)48)24(46-11-10-20(16-46)33(39,40)41)13-25(23)47(30)15-17-4-7-19(8-5-17)32(36,37)38/h6,9,12-13,17,19-20H,4-5,7-8,10-11,14-16H2,1-3H3,(H2,42,48)(H,43,49)(H,44,45). The molecule has 1 aliphatic heterocycles. The number of alkyl halides is 6. The number of hydrogen-bond acceptors (Lipinski definition) is 5. The molecule has 49 heavy (non-hydrogen) atoms. The number of fused-ring (bicyclic) bond motifs is 1. The van der Waals surface area contributed by atoms with Crippen LogP contribution < -0.4 is 21.3 Å². The molecule has 2 aromatic carbocycles. The average Bonchev–Trinajstić information content (AvgIpc) is 3.63. The highest BCUT2D eigenvalue weighted by molar-refractivity contribution is 6.33. The summed E-state index contributed by atoms with van der Waals surface area (Å²) in [6.07, 6.45) is -8.59. The highest BCUT2D eigenvalue weighted by Gasteiger charge is 2.44. The van der Waals surface area contributed by atoms with Crippen LogP contribution in [0.25, 0.3) is 11.0 Å². The van der Waals surface area contributed by atoms with E-state index in [0.29, 0.717) is 5.52 Å². The number of amides is 2. The average molecular weight is 719 g/mol. The van der Waals surface area contributed by atoms with Crippen LogP contribution in [0.3, 0.4) is 0 Å². The van der Waals surface area contributed by atoms with E-state index in [0.717, 1.165) is 0 Å². The van der Waals surface area contributed by atoms with Gasteiger partial charge in [-0.05, 0) is 56.2 Å². The van der Waals surface area contributed by atoms with Crippen molar-refractivity contribution >= 4 is 51.8 Å². The number of hydrogen-bond donors (Lipinski definition) is 3. The minimum atomic E-state index is -4.44. The summed E-state index contributed by atoms with van der Waals surface area (Å²) < 4.78 is 98.5. The monoisotopic (exact) mass is 718 g/mol. The predicted molar refractivity (Wildman–Crippen MR) is 172 cm³/mol. The summed E-state index contributed by atoms with van der Waals surface area (Å²) in [6.45, 7) is 4.74. The number of primary amides is 1. The van der Waals surface area contributed by atoms with Crippen LogP contribution in [0.15, 0.2) is 24.3 Å². The summed E-state index contributed by atoms with van der Waals surface area (Å²) in [4.78, 5) is 31.0. The number of carbonyl (C=O) groups is 2. The topological polar surface area (TPSA) is 105 Å². The second kappa shape index (κ2) is 13.5. The molecule has 1 saturated carbocycles. The number of nitrogens with one attached hydrogen (secondary N) is 2. The van der Waals surface area contributed by atoms with Crippen LogP contribution in [0.4, 0.5) is 48.1 Å². The summed E-state index contributed by atoms with van der Waals surface area (Å²) in [7, 11) is 0. The Bertz CT molecular complexity index is 1730. The van der Waals surface area contributed by atoms with Gasteiger partial charge in [-0.1, -0.05) is 38.4 Å². The molecule has 1 aliphatic carbocycles. The Morgan fingerprint density at radius 3 is 2.20 bits per heavy atom. The first kappa shape index (κ1) is 36.5. The molecule has 1 saturated heterocycles. The smallest absolute Gasteiger partial charge is 0.370 e. The van der Waals surface area contributed by atoms with Crippen molar-refractivity contribution in [3.63, 3.8) is 0 Å². The van der Waals surface area contributed by atoms with Crippen LogP contribution in [0.1, 0.15) is 68.8 Å². The van der Waals surface area contributed by atoms with E-state index in [1.165, 1.54) is 29.2 Å². The van der Waals surface area contributed by atoms with Gasteiger partial charge in [0.2, 0.25) is 11.9 Å². The van der Waals surface area contributed by atoms with E-state index in [2.05, 4.69) is 15.6 Å². The third-order valence-corrected chi connectivity index (χ3v) is 9.72. The molecule has 1 atom stereocenters. The van der Waals surface area contributed by atoms with E-state index in [-0.39, 0.29) is 103 Å². The molecule has 2 heterocycles. The largest absolute Gasteiger partial charge is 0.393 e. The second-order valence-corrected chi connectivity index (χ2v) is 14.4. The van der Waals surface area contributed by atoms with Crippen LogP contribution in [0.5, 0.6) is 0 Å². The summed E-state index contributed by atoms with van der Waals surface area (Å²) in [5.74, 6) is -5.19. The Morgan fingerprint density at radius 1 is 0.980 bits per heavy atom. The van der Waals surface area contributed by atoms with E-state index in [9.17, 15) is 35.9 Å². The summed E-state index contributed by atoms with van der Waals surface area (Å²) in [5, 5.41) is 5.58. The molecular weight excluding hydrogens is 681 g/mol. The van der Waals surface area contributed by atoms with E-state index in [1.807, 2.05) is 0 Å². The third kappa shape index (κ3) is 8.02. The summed E-state index contributed by atoms with van der Waals surface area (Å²) >= 11 is 6.42. The van der Waals surface area contributed by atoms with Crippen LogP contribution in [-0.4, -0.2) is 46.8 Å². The van der Waals surface area contributed by atoms with Gasteiger partial charge < -0.3 is 25.8 Å². The molecule has 0 bridgehead atoms. The Kier molecular flexibility index (Phi) is 10.1. The maximum atomic E-state index is 15.9. The Balaban J connectivity index is 1.55. The molecule has 5 rings (SSSR count). The van der Waals surface area contributed by atoms with Crippen molar-refractivity contribution in [1.29, 1.82) is 0 Å². The molecule has 1 unspecified atom stereocenters. The summed E-state index contributed by atoms with van der Waals surface area (Å²) in [5.41, 5.74) is 5.56. The van der Waals surface area contributed by atoms with Crippen LogP contribution in [0.2, 0.25) is 5.02 Å². The molecule has 8 nitrogen and oxygen atoms in total. The van der Waals surface area contributed by atoms with Crippen LogP contribution in [-0.2, 0) is 17.9 Å². The second-order valence-electron chi connectivity index (χ2n) is 14.0. The van der Waals surface area contributed by atoms with Gasteiger partial charge in [0.15, 0.2) is 5.82 Å². The van der Waals surface area contributed by atoms with Gasteiger partial charge >= 0.3 is 12.4 Å². The van der Waals surface area contributed by atoms with Crippen molar-refractivity contribution in [3.8, 4) is 0 Å². The molecule has 16 heteroatoms. The van der Waals surface area contributed by atoms with Gasteiger partial charge in [-0.2, -0.15) is 26.3 Å². The number of imidazole rings is 1. The van der Waals surface area contributed by atoms with E-state index < -0.39 is 47.9 Å². The number of nitrogens with two attached hydrogens (primary N) is 1. The molecule has 2 fully saturated rings. The molecule has 268 valence electrons. The zero-order valence-electron chi connectivity index (χ0n) is 27.2. The lowest BCUT2D eigenvalue weighted by Gasteiger charge is -2.30. The van der Waals surface area contributed by atoms with Gasteiger partial charge in [0.05, 0.1) is 44.8 Å². The van der Waals surface area contributed by atoms with Gasteiger partial charge in [0.1, 0.15) is 0 Å². The Morgan fingerprint density at radius 2 is 1.63 bits per heavy atom. The quantitative estimate of drug-likeness (QED) is 0.204. The minimum Gasteiger partial charge on any atom is -0.370 e. The first-order valence-electron chi connectivity index (χ1n) is 16.0. The SMILES string of the molecule is CC(C)(C)C(=O)NCc1ccc(Cl)c(Nc2nc3cc(C(N)=O)c(N4CCC(C(F)(F)F)C4)cc3n2CC2CCC(C(F)(F)F)CC2)c1F. The van der Waals surface area contributed by atoms with Gasteiger partial charge in [0, 0.05) is 37.2 Å². The molecule has 2 aliphatic rings. The molecule has 2 amide bonds. The predicted octanol–water partition coefficient (Wildman–Crippen LogP) is 8.09. The fraction of sp³-hybridized carbons (Fsp3) is 0.545. The van der Waals surface area contributed by atoms with Crippen LogP contribution in [0, 0.1) is 29.0 Å². The van der Waals surface area contributed by atoms with Gasteiger partial charge in [0.25, 0.3) is 5.91 Å². The first-order chi connectivity index (χ1) is 22.7. The van der Waals surface area contributed by atoms with Gasteiger partial charge in [-0.15, -0.1) is 0 Å². The molecule has 0 radical (unpaired) electrons. The fourth-order valence-electron chi connectivity index (χ4n) is 6.48. The van der Waals surface area contributed by atoms with E-state index in [4.69, 9.17) is 17.3 Å². The highest BCUT2D eigenvalue weighted by Crippen LogP contribution is 2.42. The normalized spacial score (nSPS) is 20.6. The van der Waals surface area contributed by atoms with Gasteiger partial charge in [-0.25, -0.2) is 9.37 Å². The fourth-order valence-corrected chi connectivity index (χ4v) is 6.67. The van der Waals surface area contributed by atoms with Gasteiger partial charge in [-0.3, -0.25) is 9.59 Å². The number of aromatic nitrogens is 2. The van der Waals surface area contributed by atoms with Crippen molar-refractivity contribution in [1.82, 2.24) is 14.9 Å². The molecule has 3 aromatic rings. The lowest BCUT2D eigenvalue weighted by molar-refractivity contribution is -0.184. The molecular formula is C33H38ClF7N6O2. The first-order valence-corrected chi connectivity index (χ1v) is 16.4.